The van der Waals surface area contributed by atoms with Crippen molar-refractivity contribution in [3.63, 3.8) is 0 Å². The lowest BCUT2D eigenvalue weighted by Crippen LogP contribution is -2.35. The van der Waals surface area contributed by atoms with E-state index in [0.29, 0.717) is 22.9 Å². The summed E-state index contributed by atoms with van der Waals surface area (Å²) < 4.78 is 5.42. The van der Waals surface area contributed by atoms with E-state index in [1.165, 1.54) is 5.56 Å². The number of H-pyrrole nitrogens is 2. The van der Waals surface area contributed by atoms with Gasteiger partial charge < -0.3 is 20.4 Å². The van der Waals surface area contributed by atoms with Gasteiger partial charge in [-0.2, -0.15) is 5.10 Å². The van der Waals surface area contributed by atoms with E-state index in [1.54, 1.807) is 6.20 Å². The number of aromatic nitrogens is 4. The highest BCUT2D eigenvalue weighted by Gasteiger charge is 2.16. The highest BCUT2D eigenvalue weighted by molar-refractivity contribution is 6.01. The number of hydrogen-bond donors (Lipinski definition) is 4. The SMILES string of the molecule is O=C(Nc1ccccc1)Nc1c[nH]nc1-c1nc2cc(CN3CCOCC3)ccc2[nH]1. The van der Waals surface area contributed by atoms with Crippen molar-refractivity contribution in [3.8, 4) is 11.5 Å². The molecule has 5 rings (SSSR count). The summed E-state index contributed by atoms with van der Waals surface area (Å²) in [5.74, 6) is 0.592. The quantitative estimate of drug-likeness (QED) is 0.398. The zero-order valence-corrected chi connectivity index (χ0v) is 16.9. The number of hydrogen-bond acceptors (Lipinski definition) is 5. The van der Waals surface area contributed by atoms with Gasteiger partial charge in [-0.05, 0) is 29.8 Å². The van der Waals surface area contributed by atoms with Crippen LogP contribution in [0.1, 0.15) is 5.56 Å². The molecule has 2 aromatic heterocycles. The van der Waals surface area contributed by atoms with Crippen LogP contribution in [0.4, 0.5) is 16.2 Å². The van der Waals surface area contributed by atoms with Crippen molar-refractivity contribution in [3.05, 3.63) is 60.3 Å². The number of anilines is 2. The molecule has 0 radical (unpaired) electrons. The highest BCUT2D eigenvalue weighted by Crippen LogP contribution is 2.26. The number of nitrogens with one attached hydrogen (secondary N) is 4. The number of carbonyl (C=O) groups excluding carboxylic acids is 1. The number of fused-ring (bicyclic) bond motifs is 1. The van der Waals surface area contributed by atoms with E-state index >= 15 is 0 Å². The van der Waals surface area contributed by atoms with E-state index in [-0.39, 0.29) is 6.03 Å². The second-order valence-corrected chi connectivity index (χ2v) is 7.42. The van der Waals surface area contributed by atoms with Crippen LogP contribution in [-0.2, 0) is 11.3 Å². The summed E-state index contributed by atoms with van der Waals surface area (Å²) in [7, 11) is 0. The molecule has 2 aromatic carbocycles. The number of carbonyl (C=O) groups is 1. The van der Waals surface area contributed by atoms with Crippen molar-refractivity contribution in [2.24, 2.45) is 0 Å². The van der Waals surface area contributed by atoms with Gasteiger partial charge in [0.05, 0.1) is 29.9 Å². The van der Waals surface area contributed by atoms with Gasteiger partial charge in [0.2, 0.25) is 0 Å². The first-order valence-corrected chi connectivity index (χ1v) is 10.2. The average molecular weight is 417 g/mol. The first-order chi connectivity index (χ1) is 15.2. The number of para-hydroxylation sites is 1. The summed E-state index contributed by atoms with van der Waals surface area (Å²) in [5.41, 5.74) is 4.79. The minimum absolute atomic E-state index is 0.349. The largest absolute Gasteiger partial charge is 0.379 e. The third-order valence-corrected chi connectivity index (χ3v) is 5.20. The molecule has 158 valence electrons. The number of ether oxygens (including phenoxy) is 1. The van der Waals surface area contributed by atoms with Gasteiger partial charge >= 0.3 is 6.03 Å². The molecule has 4 aromatic rings. The predicted molar refractivity (Wildman–Crippen MR) is 119 cm³/mol. The number of nitrogens with zero attached hydrogens (tertiary/aromatic N) is 3. The second kappa shape index (κ2) is 8.58. The maximum Gasteiger partial charge on any atom is 0.323 e. The number of imidazole rings is 1. The van der Waals surface area contributed by atoms with E-state index in [1.807, 2.05) is 36.4 Å². The highest BCUT2D eigenvalue weighted by atomic mass is 16.5. The topological polar surface area (TPSA) is 111 Å². The Morgan fingerprint density at radius 1 is 1.10 bits per heavy atom. The van der Waals surface area contributed by atoms with Gasteiger partial charge in [-0.15, -0.1) is 0 Å². The Bertz CT molecular complexity index is 1180. The van der Waals surface area contributed by atoms with Gasteiger partial charge in [0.1, 0.15) is 0 Å². The molecule has 0 aliphatic carbocycles. The lowest BCUT2D eigenvalue weighted by Gasteiger charge is -2.26. The molecular weight excluding hydrogens is 394 g/mol. The molecule has 1 aliphatic rings. The maximum absolute atomic E-state index is 12.4. The summed E-state index contributed by atoms with van der Waals surface area (Å²) in [4.78, 5) is 22.7. The van der Waals surface area contributed by atoms with Gasteiger partial charge in [0, 0.05) is 31.5 Å². The van der Waals surface area contributed by atoms with Gasteiger partial charge in [0.15, 0.2) is 11.5 Å². The minimum Gasteiger partial charge on any atom is -0.379 e. The molecule has 0 saturated carbocycles. The Morgan fingerprint density at radius 3 is 2.77 bits per heavy atom. The fourth-order valence-corrected chi connectivity index (χ4v) is 3.65. The summed E-state index contributed by atoms with van der Waals surface area (Å²) in [6.07, 6.45) is 1.64. The number of aromatic amines is 2. The van der Waals surface area contributed by atoms with Gasteiger partial charge in [-0.3, -0.25) is 10.00 Å². The van der Waals surface area contributed by atoms with Crippen LogP contribution in [0.25, 0.3) is 22.6 Å². The van der Waals surface area contributed by atoms with Gasteiger partial charge in [0.25, 0.3) is 0 Å². The molecule has 0 spiro atoms. The van der Waals surface area contributed by atoms with Crippen LogP contribution in [0, 0.1) is 0 Å². The molecule has 9 nitrogen and oxygen atoms in total. The van der Waals surface area contributed by atoms with E-state index in [0.717, 1.165) is 43.9 Å². The van der Waals surface area contributed by atoms with Crippen LogP contribution in [0.5, 0.6) is 0 Å². The fraction of sp³-hybridized carbons (Fsp3) is 0.227. The molecule has 3 heterocycles. The zero-order chi connectivity index (χ0) is 21.0. The Hall–Kier alpha value is -3.69. The zero-order valence-electron chi connectivity index (χ0n) is 16.9. The third kappa shape index (κ3) is 4.42. The second-order valence-electron chi connectivity index (χ2n) is 7.42. The third-order valence-electron chi connectivity index (χ3n) is 5.20. The molecule has 9 heteroatoms. The Kier molecular flexibility index (Phi) is 5.34. The number of amides is 2. The summed E-state index contributed by atoms with van der Waals surface area (Å²) in [6.45, 7) is 4.31. The molecule has 1 aliphatic heterocycles. The normalized spacial score (nSPS) is 14.6. The van der Waals surface area contributed by atoms with Crippen LogP contribution >= 0.6 is 0 Å². The standard InChI is InChI=1S/C22H23N7O2/c30-22(24-16-4-2-1-3-5-16)27-19-13-23-28-20(19)21-25-17-7-6-15(12-18(17)26-21)14-29-8-10-31-11-9-29/h1-7,12-13H,8-11,14H2,(H,23,28)(H,25,26)(H2,24,27,30). The number of benzene rings is 2. The molecular formula is C22H23N7O2. The van der Waals surface area contributed by atoms with Crippen molar-refractivity contribution < 1.29 is 9.53 Å². The lowest BCUT2D eigenvalue weighted by atomic mass is 10.2. The Balaban J connectivity index is 1.32. The van der Waals surface area contributed by atoms with E-state index in [9.17, 15) is 4.79 Å². The molecule has 0 unspecified atom stereocenters. The predicted octanol–water partition coefficient (Wildman–Crippen LogP) is 3.43. The number of morpholine rings is 1. The Labute approximate surface area is 178 Å². The minimum atomic E-state index is -0.349. The fourth-order valence-electron chi connectivity index (χ4n) is 3.65. The van der Waals surface area contributed by atoms with Crippen molar-refractivity contribution in [1.82, 2.24) is 25.1 Å². The van der Waals surface area contributed by atoms with E-state index < -0.39 is 0 Å². The van der Waals surface area contributed by atoms with Crippen LogP contribution < -0.4 is 10.6 Å². The molecule has 1 fully saturated rings. The summed E-state index contributed by atoms with van der Waals surface area (Å²) >= 11 is 0. The number of urea groups is 1. The first-order valence-electron chi connectivity index (χ1n) is 10.2. The summed E-state index contributed by atoms with van der Waals surface area (Å²) in [5, 5.41) is 12.7. The molecule has 4 N–H and O–H groups in total. The van der Waals surface area contributed by atoms with E-state index in [4.69, 9.17) is 9.72 Å². The van der Waals surface area contributed by atoms with Gasteiger partial charge in [-0.25, -0.2) is 9.78 Å². The molecule has 1 saturated heterocycles. The lowest BCUT2D eigenvalue weighted by molar-refractivity contribution is 0.0342. The number of rotatable bonds is 5. The first kappa shape index (κ1) is 19.3. The van der Waals surface area contributed by atoms with Crippen molar-refractivity contribution >= 4 is 28.4 Å². The average Bonchev–Trinajstić information content (AvgIpc) is 3.41. The van der Waals surface area contributed by atoms with Gasteiger partial charge in [-0.1, -0.05) is 24.3 Å². The Morgan fingerprint density at radius 2 is 1.94 bits per heavy atom. The summed E-state index contributed by atoms with van der Waals surface area (Å²) in [6, 6.07) is 15.1. The van der Waals surface area contributed by atoms with Crippen LogP contribution in [0.3, 0.4) is 0 Å². The maximum atomic E-state index is 12.4. The molecule has 31 heavy (non-hydrogen) atoms. The smallest absolute Gasteiger partial charge is 0.323 e. The van der Waals surface area contributed by atoms with Crippen molar-refractivity contribution in [2.45, 2.75) is 6.54 Å². The van der Waals surface area contributed by atoms with Crippen LogP contribution in [0.2, 0.25) is 0 Å². The molecule has 0 bridgehead atoms. The van der Waals surface area contributed by atoms with Crippen LogP contribution in [0.15, 0.2) is 54.7 Å². The van der Waals surface area contributed by atoms with E-state index in [2.05, 4.69) is 42.8 Å². The molecule has 0 atom stereocenters. The van der Waals surface area contributed by atoms with Crippen molar-refractivity contribution in [2.75, 3.05) is 36.9 Å². The molecule has 2 amide bonds. The monoisotopic (exact) mass is 417 g/mol. The van der Waals surface area contributed by atoms with Crippen LogP contribution in [-0.4, -0.2) is 57.4 Å². The van der Waals surface area contributed by atoms with Crippen molar-refractivity contribution in [1.29, 1.82) is 0 Å².